The van der Waals surface area contributed by atoms with Gasteiger partial charge in [0.25, 0.3) is 0 Å². The van der Waals surface area contributed by atoms with Gasteiger partial charge in [-0.2, -0.15) is 5.10 Å². The first kappa shape index (κ1) is 12.7. The van der Waals surface area contributed by atoms with Crippen molar-refractivity contribution < 1.29 is 9.53 Å². The lowest BCUT2D eigenvalue weighted by Gasteiger charge is -2.19. The second-order valence-corrected chi connectivity index (χ2v) is 4.53. The molecule has 1 rings (SSSR count). The van der Waals surface area contributed by atoms with E-state index in [2.05, 4.69) is 10.4 Å². The maximum atomic E-state index is 11.3. The lowest BCUT2D eigenvalue weighted by atomic mass is 10.2. The number of hydrogen-bond donors (Lipinski definition) is 1. The highest BCUT2D eigenvalue weighted by Gasteiger charge is 2.15. The fourth-order valence-corrected chi connectivity index (χ4v) is 1.19. The molecule has 16 heavy (non-hydrogen) atoms. The minimum atomic E-state index is -0.416. The molecule has 1 aromatic rings. The minimum absolute atomic E-state index is 0.229. The highest BCUT2D eigenvalue weighted by atomic mass is 16.6. The fourth-order valence-electron chi connectivity index (χ4n) is 1.19. The molecule has 0 saturated carbocycles. The summed E-state index contributed by atoms with van der Waals surface area (Å²) in [6.45, 7) is 7.24. The summed E-state index contributed by atoms with van der Waals surface area (Å²) < 4.78 is 6.96. The zero-order valence-electron chi connectivity index (χ0n) is 10.1. The van der Waals surface area contributed by atoms with Crippen LogP contribution in [0.4, 0.5) is 0 Å². The van der Waals surface area contributed by atoms with Gasteiger partial charge in [-0.1, -0.05) is 0 Å². The van der Waals surface area contributed by atoms with Crippen LogP contribution in [0.25, 0.3) is 0 Å². The van der Waals surface area contributed by atoms with E-state index in [-0.39, 0.29) is 12.5 Å². The first-order valence-electron chi connectivity index (χ1n) is 5.37. The fraction of sp³-hybridized carbons (Fsp3) is 0.636. The third-order valence-corrected chi connectivity index (χ3v) is 1.77. The number of nitrogens with one attached hydrogen (secondary N) is 1. The SMILES string of the molecule is CC(C)(C)OC(=O)CNCCn1cccn1. The van der Waals surface area contributed by atoms with Crippen LogP contribution in [0.5, 0.6) is 0 Å². The largest absolute Gasteiger partial charge is 0.459 e. The van der Waals surface area contributed by atoms with Crippen LogP contribution in [0.1, 0.15) is 20.8 Å². The maximum absolute atomic E-state index is 11.3. The Bertz CT molecular complexity index is 314. The van der Waals surface area contributed by atoms with Gasteiger partial charge in [0.1, 0.15) is 5.60 Å². The molecule has 0 fully saturated rings. The van der Waals surface area contributed by atoms with Crippen molar-refractivity contribution in [2.75, 3.05) is 13.1 Å². The van der Waals surface area contributed by atoms with E-state index in [9.17, 15) is 4.79 Å². The van der Waals surface area contributed by atoms with E-state index in [1.807, 2.05) is 37.7 Å². The molecule has 0 aliphatic carbocycles. The second kappa shape index (κ2) is 5.65. The molecule has 5 nitrogen and oxygen atoms in total. The molecule has 0 unspecified atom stereocenters. The van der Waals surface area contributed by atoms with Gasteiger partial charge in [0.15, 0.2) is 0 Å². The van der Waals surface area contributed by atoms with Gasteiger partial charge in [-0.3, -0.25) is 9.48 Å². The van der Waals surface area contributed by atoms with Gasteiger partial charge >= 0.3 is 5.97 Å². The highest BCUT2D eigenvalue weighted by Crippen LogP contribution is 2.05. The van der Waals surface area contributed by atoms with E-state index < -0.39 is 5.60 Å². The molecule has 0 aromatic carbocycles. The summed E-state index contributed by atoms with van der Waals surface area (Å²) in [7, 11) is 0. The van der Waals surface area contributed by atoms with Crippen molar-refractivity contribution in [2.45, 2.75) is 32.9 Å². The van der Waals surface area contributed by atoms with Crippen LogP contribution in [-0.4, -0.2) is 34.4 Å². The molecular formula is C11H19N3O2. The molecule has 90 valence electrons. The number of carbonyl (C=O) groups excluding carboxylic acids is 1. The van der Waals surface area contributed by atoms with E-state index in [0.717, 1.165) is 6.54 Å². The van der Waals surface area contributed by atoms with Crippen LogP contribution >= 0.6 is 0 Å². The van der Waals surface area contributed by atoms with Gasteiger partial charge in [-0.05, 0) is 26.8 Å². The Kier molecular flexibility index (Phi) is 4.49. The zero-order chi connectivity index (χ0) is 12.0. The first-order valence-corrected chi connectivity index (χ1v) is 5.37. The number of hydrogen-bond acceptors (Lipinski definition) is 4. The van der Waals surface area contributed by atoms with Gasteiger partial charge in [-0.15, -0.1) is 0 Å². The molecule has 0 atom stereocenters. The van der Waals surface area contributed by atoms with Crippen molar-refractivity contribution in [1.82, 2.24) is 15.1 Å². The summed E-state index contributed by atoms with van der Waals surface area (Å²) in [6.07, 6.45) is 3.61. The number of aromatic nitrogens is 2. The molecule has 0 amide bonds. The molecule has 0 spiro atoms. The van der Waals surface area contributed by atoms with Gasteiger partial charge in [0.2, 0.25) is 0 Å². The Morgan fingerprint density at radius 3 is 2.81 bits per heavy atom. The van der Waals surface area contributed by atoms with Crippen molar-refractivity contribution in [3.8, 4) is 0 Å². The third kappa shape index (κ3) is 5.50. The van der Waals surface area contributed by atoms with E-state index in [1.165, 1.54) is 0 Å². The summed E-state index contributed by atoms with van der Waals surface area (Å²) in [6, 6.07) is 1.87. The smallest absolute Gasteiger partial charge is 0.320 e. The van der Waals surface area contributed by atoms with E-state index in [0.29, 0.717) is 6.54 Å². The van der Waals surface area contributed by atoms with Gasteiger partial charge < -0.3 is 10.1 Å². The Balaban J connectivity index is 2.09. The number of ether oxygens (including phenoxy) is 1. The predicted octanol–water partition coefficient (Wildman–Crippen LogP) is 0.814. The van der Waals surface area contributed by atoms with Gasteiger partial charge in [-0.25, -0.2) is 0 Å². The lowest BCUT2D eigenvalue weighted by Crippen LogP contribution is -2.32. The number of esters is 1. The van der Waals surface area contributed by atoms with Crippen molar-refractivity contribution >= 4 is 5.97 Å². The highest BCUT2D eigenvalue weighted by molar-refractivity contribution is 5.72. The summed E-state index contributed by atoms with van der Waals surface area (Å²) in [5, 5.41) is 7.06. The predicted molar refractivity (Wildman–Crippen MR) is 60.9 cm³/mol. The van der Waals surface area contributed by atoms with Gasteiger partial charge in [0.05, 0.1) is 13.1 Å². The van der Waals surface area contributed by atoms with Crippen molar-refractivity contribution in [3.63, 3.8) is 0 Å². The van der Waals surface area contributed by atoms with Crippen molar-refractivity contribution in [3.05, 3.63) is 18.5 Å². The first-order chi connectivity index (χ1) is 7.47. The average molecular weight is 225 g/mol. The molecule has 0 aliphatic rings. The summed E-state index contributed by atoms with van der Waals surface area (Å²) >= 11 is 0. The monoisotopic (exact) mass is 225 g/mol. The zero-order valence-corrected chi connectivity index (χ0v) is 10.1. The van der Waals surface area contributed by atoms with E-state index in [4.69, 9.17) is 4.74 Å². The Morgan fingerprint density at radius 2 is 2.25 bits per heavy atom. The van der Waals surface area contributed by atoms with E-state index in [1.54, 1.807) is 6.20 Å². The van der Waals surface area contributed by atoms with Crippen LogP contribution in [0, 0.1) is 0 Å². The van der Waals surface area contributed by atoms with E-state index >= 15 is 0 Å². The van der Waals surface area contributed by atoms with Crippen LogP contribution in [0.3, 0.4) is 0 Å². The number of nitrogens with zero attached hydrogens (tertiary/aromatic N) is 2. The van der Waals surface area contributed by atoms with Crippen LogP contribution in [-0.2, 0) is 16.1 Å². The normalized spacial score (nSPS) is 11.4. The van der Waals surface area contributed by atoms with Crippen LogP contribution in [0.2, 0.25) is 0 Å². The van der Waals surface area contributed by atoms with Crippen LogP contribution < -0.4 is 5.32 Å². The maximum Gasteiger partial charge on any atom is 0.320 e. The molecule has 1 heterocycles. The summed E-state index contributed by atoms with van der Waals surface area (Å²) in [4.78, 5) is 11.3. The summed E-state index contributed by atoms with van der Waals surface area (Å²) in [5.41, 5.74) is -0.416. The Morgan fingerprint density at radius 1 is 1.50 bits per heavy atom. The van der Waals surface area contributed by atoms with Crippen molar-refractivity contribution in [2.24, 2.45) is 0 Å². The molecule has 0 saturated heterocycles. The average Bonchev–Trinajstić information content (AvgIpc) is 2.62. The van der Waals surface area contributed by atoms with Crippen molar-refractivity contribution in [1.29, 1.82) is 0 Å². The van der Waals surface area contributed by atoms with Crippen LogP contribution in [0.15, 0.2) is 18.5 Å². The lowest BCUT2D eigenvalue weighted by molar-refractivity contribution is -0.153. The second-order valence-electron chi connectivity index (χ2n) is 4.53. The topological polar surface area (TPSA) is 56.1 Å². The summed E-state index contributed by atoms with van der Waals surface area (Å²) in [5.74, 6) is -0.229. The molecule has 5 heteroatoms. The Hall–Kier alpha value is -1.36. The number of carbonyl (C=O) groups is 1. The molecule has 0 bridgehead atoms. The molecule has 1 aromatic heterocycles. The standard InChI is InChI=1S/C11H19N3O2/c1-11(2,3)16-10(15)9-12-6-8-14-7-4-5-13-14/h4-5,7,12H,6,8-9H2,1-3H3. The third-order valence-electron chi connectivity index (χ3n) is 1.77. The molecule has 0 aliphatic heterocycles. The Labute approximate surface area is 95.8 Å². The molecule has 0 radical (unpaired) electrons. The quantitative estimate of drug-likeness (QED) is 0.595. The number of rotatable bonds is 5. The van der Waals surface area contributed by atoms with Gasteiger partial charge in [0, 0.05) is 18.9 Å². The molecular weight excluding hydrogens is 206 g/mol. The minimum Gasteiger partial charge on any atom is -0.459 e. The molecule has 1 N–H and O–H groups in total.